The van der Waals surface area contributed by atoms with Gasteiger partial charge in [0.05, 0.1) is 30.0 Å². The highest BCUT2D eigenvalue weighted by molar-refractivity contribution is 6.05. The van der Waals surface area contributed by atoms with Crippen LogP contribution in [-0.2, 0) is 16.1 Å². The standard InChI is InChI=1S/C16H14N2O2/c17-9-11-4-3-5-12(8-11)10-18-15(19)13-6-1-2-7-14(13)16(18)20/h1-5,8,13-14H,6-7,10H2. The van der Waals surface area contributed by atoms with Crippen molar-refractivity contribution in [2.45, 2.75) is 19.4 Å². The van der Waals surface area contributed by atoms with E-state index in [2.05, 4.69) is 6.07 Å². The zero-order chi connectivity index (χ0) is 14.1. The van der Waals surface area contributed by atoms with E-state index in [0.29, 0.717) is 18.4 Å². The molecule has 100 valence electrons. The fourth-order valence-electron chi connectivity index (χ4n) is 2.95. The molecule has 0 spiro atoms. The van der Waals surface area contributed by atoms with Gasteiger partial charge in [0.15, 0.2) is 0 Å². The number of nitriles is 1. The summed E-state index contributed by atoms with van der Waals surface area (Å²) < 4.78 is 0. The summed E-state index contributed by atoms with van der Waals surface area (Å²) in [5.74, 6) is -0.531. The van der Waals surface area contributed by atoms with Crippen molar-refractivity contribution in [3.05, 3.63) is 47.5 Å². The average Bonchev–Trinajstić information content (AvgIpc) is 2.73. The Morgan fingerprint density at radius 3 is 2.40 bits per heavy atom. The number of carbonyl (C=O) groups is 2. The minimum absolute atomic E-state index is 0.0771. The first kappa shape index (κ1) is 12.6. The summed E-state index contributed by atoms with van der Waals surface area (Å²) >= 11 is 0. The van der Waals surface area contributed by atoms with Crippen molar-refractivity contribution in [1.29, 1.82) is 5.26 Å². The molecule has 2 atom stereocenters. The van der Waals surface area contributed by atoms with Crippen molar-refractivity contribution < 1.29 is 9.59 Å². The molecule has 0 radical (unpaired) electrons. The molecule has 0 saturated carbocycles. The minimum Gasteiger partial charge on any atom is -0.278 e. The molecule has 1 aromatic rings. The van der Waals surface area contributed by atoms with Crippen molar-refractivity contribution in [3.8, 4) is 6.07 Å². The van der Waals surface area contributed by atoms with Gasteiger partial charge in [-0.1, -0.05) is 24.3 Å². The van der Waals surface area contributed by atoms with E-state index in [-0.39, 0.29) is 30.2 Å². The number of likely N-dealkylation sites (tertiary alicyclic amines) is 1. The smallest absolute Gasteiger partial charge is 0.233 e. The summed E-state index contributed by atoms with van der Waals surface area (Å²) in [4.78, 5) is 26.0. The fraction of sp³-hybridized carbons (Fsp3) is 0.312. The second kappa shape index (κ2) is 4.93. The van der Waals surface area contributed by atoms with E-state index in [1.807, 2.05) is 18.2 Å². The topological polar surface area (TPSA) is 61.2 Å². The summed E-state index contributed by atoms with van der Waals surface area (Å²) in [5.41, 5.74) is 1.36. The Labute approximate surface area is 117 Å². The van der Waals surface area contributed by atoms with Crippen LogP contribution in [0.1, 0.15) is 24.0 Å². The summed E-state index contributed by atoms with van der Waals surface area (Å²) in [7, 11) is 0. The van der Waals surface area contributed by atoms with E-state index < -0.39 is 0 Å². The average molecular weight is 266 g/mol. The summed E-state index contributed by atoms with van der Waals surface area (Å²) in [6.07, 6.45) is 5.27. The molecule has 1 heterocycles. The van der Waals surface area contributed by atoms with Crippen LogP contribution in [0.5, 0.6) is 0 Å². The zero-order valence-corrected chi connectivity index (χ0v) is 11.0. The lowest BCUT2D eigenvalue weighted by molar-refractivity contribution is -0.140. The molecule has 1 aliphatic carbocycles. The molecule has 2 amide bonds. The van der Waals surface area contributed by atoms with Crippen LogP contribution in [0.3, 0.4) is 0 Å². The normalized spacial score (nSPS) is 24.6. The Balaban J connectivity index is 1.83. The second-order valence-corrected chi connectivity index (χ2v) is 5.23. The molecule has 1 aromatic carbocycles. The first-order chi connectivity index (χ1) is 9.70. The van der Waals surface area contributed by atoms with Gasteiger partial charge in [-0.05, 0) is 30.5 Å². The van der Waals surface area contributed by atoms with Crippen LogP contribution in [0, 0.1) is 23.2 Å². The molecule has 0 aromatic heterocycles. The number of allylic oxidation sites excluding steroid dienone is 2. The Morgan fingerprint density at radius 1 is 1.15 bits per heavy atom. The zero-order valence-electron chi connectivity index (χ0n) is 11.0. The van der Waals surface area contributed by atoms with Gasteiger partial charge in [0.25, 0.3) is 0 Å². The third kappa shape index (κ3) is 2.01. The molecule has 20 heavy (non-hydrogen) atoms. The van der Waals surface area contributed by atoms with Crippen LogP contribution < -0.4 is 0 Å². The SMILES string of the molecule is N#Cc1cccc(CN2C(=O)C3CC=CCC3C2=O)c1. The monoisotopic (exact) mass is 266 g/mol. The Kier molecular flexibility index (Phi) is 3.11. The van der Waals surface area contributed by atoms with Gasteiger partial charge in [-0.2, -0.15) is 5.26 Å². The van der Waals surface area contributed by atoms with Crippen molar-refractivity contribution >= 4 is 11.8 Å². The van der Waals surface area contributed by atoms with Gasteiger partial charge in [0.2, 0.25) is 11.8 Å². The maximum atomic E-state index is 12.3. The second-order valence-electron chi connectivity index (χ2n) is 5.23. The fourth-order valence-corrected chi connectivity index (χ4v) is 2.95. The lowest BCUT2D eigenvalue weighted by atomic mass is 9.85. The molecule has 0 N–H and O–H groups in total. The van der Waals surface area contributed by atoms with E-state index in [0.717, 1.165) is 5.56 Å². The molecule has 4 nitrogen and oxygen atoms in total. The van der Waals surface area contributed by atoms with E-state index in [9.17, 15) is 9.59 Å². The molecule has 2 unspecified atom stereocenters. The van der Waals surface area contributed by atoms with Gasteiger partial charge >= 0.3 is 0 Å². The molecule has 1 saturated heterocycles. The number of carbonyl (C=O) groups excluding carboxylic acids is 2. The summed E-state index contributed by atoms with van der Waals surface area (Å²) in [6, 6.07) is 9.10. The van der Waals surface area contributed by atoms with Crippen LogP contribution in [0.25, 0.3) is 0 Å². The number of fused-ring (bicyclic) bond motifs is 1. The van der Waals surface area contributed by atoms with E-state index in [1.165, 1.54) is 4.90 Å². The molecule has 4 heteroatoms. The van der Waals surface area contributed by atoms with Gasteiger partial charge in [-0.15, -0.1) is 0 Å². The molecule has 1 fully saturated rings. The first-order valence-corrected chi connectivity index (χ1v) is 6.70. The molecule has 3 rings (SSSR count). The lowest BCUT2D eigenvalue weighted by Crippen LogP contribution is -2.30. The summed E-state index contributed by atoms with van der Waals surface area (Å²) in [5, 5.41) is 8.89. The third-order valence-corrected chi connectivity index (χ3v) is 4.00. The third-order valence-electron chi connectivity index (χ3n) is 4.00. The predicted molar refractivity (Wildman–Crippen MR) is 72.1 cm³/mol. The molecular formula is C16H14N2O2. The van der Waals surface area contributed by atoms with Crippen molar-refractivity contribution in [2.24, 2.45) is 11.8 Å². The van der Waals surface area contributed by atoms with Gasteiger partial charge < -0.3 is 0 Å². The van der Waals surface area contributed by atoms with Crippen molar-refractivity contribution in [2.75, 3.05) is 0 Å². The molecule has 1 aliphatic heterocycles. The molecular weight excluding hydrogens is 252 g/mol. The molecule has 0 bridgehead atoms. The maximum Gasteiger partial charge on any atom is 0.233 e. The lowest BCUT2D eigenvalue weighted by Gasteiger charge is -2.14. The first-order valence-electron chi connectivity index (χ1n) is 6.70. The van der Waals surface area contributed by atoms with Crippen LogP contribution >= 0.6 is 0 Å². The Hall–Kier alpha value is -2.41. The highest BCUT2D eigenvalue weighted by Gasteiger charge is 2.46. The summed E-state index contributed by atoms with van der Waals surface area (Å²) in [6.45, 7) is 0.264. The number of amides is 2. The van der Waals surface area contributed by atoms with Crippen LogP contribution in [-0.4, -0.2) is 16.7 Å². The number of hydrogen-bond donors (Lipinski definition) is 0. The van der Waals surface area contributed by atoms with Crippen LogP contribution in [0.15, 0.2) is 36.4 Å². The number of benzene rings is 1. The number of rotatable bonds is 2. The van der Waals surface area contributed by atoms with Crippen LogP contribution in [0.4, 0.5) is 0 Å². The van der Waals surface area contributed by atoms with E-state index in [1.54, 1.807) is 18.2 Å². The quantitative estimate of drug-likeness (QED) is 0.607. The number of nitrogens with zero attached hydrogens (tertiary/aromatic N) is 2. The maximum absolute atomic E-state index is 12.3. The molecule has 2 aliphatic rings. The Bertz CT molecular complexity index is 616. The Morgan fingerprint density at radius 2 is 1.80 bits per heavy atom. The minimum atomic E-state index is -0.188. The highest BCUT2D eigenvalue weighted by atomic mass is 16.2. The van der Waals surface area contributed by atoms with E-state index in [4.69, 9.17) is 5.26 Å². The predicted octanol–water partition coefficient (Wildman–Crippen LogP) is 2.01. The van der Waals surface area contributed by atoms with Gasteiger partial charge in [-0.25, -0.2) is 0 Å². The number of hydrogen-bond acceptors (Lipinski definition) is 3. The van der Waals surface area contributed by atoms with Crippen molar-refractivity contribution in [1.82, 2.24) is 4.90 Å². The highest BCUT2D eigenvalue weighted by Crippen LogP contribution is 2.35. The number of imide groups is 1. The largest absolute Gasteiger partial charge is 0.278 e. The van der Waals surface area contributed by atoms with Gasteiger partial charge in [0.1, 0.15) is 0 Å². The van der Waals surface area contributed by atoms with Crippen LogP contribution in [0.2, 0.25) is 0 Å². The van der Waals surface area contributed by atoms with Gasteiger partial charge in [0, 0.05) is 0 Å². The van der Waals surface area contributed by atoms with Gasteiger partial charge in [-0.3, -0.25) is 14.5 Å². The van der Waals surface area contributed by atoms with Crippen molar-refractivity contribution in [3.63, 3.8) is 0 Å². The van der Waals surface area contributed by atoms with E-state index >= 15 is 0 Å².